The lowest BCUT2D eigenvalue weighted by Crippen LogP contribution is -2.34. The highest BCUT2D eigenvalue weighted by atomic mass is 16.5. The second-order valence-corrected chi connectivity index (χ2v) is 5.84. The third kappa shape index (κ3) is 2.84. The minimum absolute atomic E-state index is 0.364. The molecule has 1 saturated heterocycles. The first-order valence-corrected chi connectivity index (χ1v) is 7.96. The highest BCUT2D eigenvalue weighted by molar-refractivity contribution is 5.46. The summed E-state index contributed by atoms with van der Waals surface area (Å²) >= 11 is 0. The van der Waals surface area contributed by atoms with Crippen LogP contribution in [-0.2, 0) is 11.2 Å². The second kappa shape index (κ2) is 6.59. The number of hydrogen-bond donors (Lipinski definition) is 1. The van der Waals surface area contributed by atoms with Gasteiger partial charge >= 0.3 is 0 Å². The van der Waals surface area contributed by atoms with Gasteiger partial charge in [0.15, 0.2) is 0 Å². The van der Waals surface area contributed by atoms with Crippen molar-refractivity contribution in [3.05, 3.63) is 29.3 Å². The van der Waals surface area contributed by atoms with Gasteiger partial charge in [-0.05, 0) is 31.4 Å². The maximum absolute atomic E-state index is 5.90. The Labute approximate surface area is 121 Å². The lowest BCUT2D eigenvalue weighted by Gasteiger charge is -2.32. The molecular formula is C17H25NO2. The summed E-state index contributed by atoms with van der Waals surface area (Å²) < 4.78 is 11.6. The lowest BCUT2D eigenvalue weighted by atomic mass is 9.87. The number of rotatable bonds is 5. The molecule has 0 saturated carbocycles. The third-order valence-corrected chi connectivity index (χ3v) is 4.36. The van der Waals surface area contributed by atoms with Crippen LogP contribution >= 0.6 is 0 Å². The summed E-state index contributed by atoms with van der Waals surface area (Å²) in [6.45, 7) is 5.87. The van der Waals surface area contributed by atoms with Crippen molar-refractivity contribution in [2.45, 2.75) is 38.6 Å². The number of nitrogens with one attached hydrogen (secondary N) is 1. The van der Waals surface area contributed by atoms with Gasteiger partial charge in [-0.25, -0.2) is 0 Å². The van der Waals surface area contributed by atoms with Gasteiger partial charge in [-0.2, -0.15) is 0 Å². The number of fused-ring (bicyclic) bond motifs is 1. The molecule has 0 aliphatic carbocycles. The van der Waals surface area contributed by atoms with Crippen LogP contribution in [-0.4, -0.2) is 26.4 Å². The number of hydrogen-bond acceptors (Lipinski definition) is 3. The fourth-order valence-electron chi connectivity index (χ4n) is 3.34. The van der Waals surface area contributed by atoms with Crippen LogP contribution in [0.25, 0.3) is 0 Å². The van der Waals surface area contributed by atoms with Gasteiger partial charge in [0.2, 0.25) is 0 Å². The summed E-state index contributed by atoms with van der Waals surface area (Å²) in [5.74, 6) is 1.69. The molecule has 0 spiro atoms. The maximum atomic E-state index is 5.90. The average Bonchev–Trinajstić information content (AvgIpc) is 2.98. The van der Waals surface area contributed by atoms with Crippen LogP contribution < -0.4 is 10.1 Å². The zero-order valence-electron chi connectivity index (χ0n) is 12.4. The Kier molecular flexibility index (Phi) is 4.58. The molecular weight excluding hydrogens is 250 g/mol. The van der Waals surface area contributed by atoms with Crippen LogP contribution in [0.4, 0.5) is 0 Å². The van der Waals surface area contributed by atoms with Crippen LogP contribution in [0.15, 0.2) is 18.2 Å². The molecule has 0 radical (unpaired) electrons. The highest BCUT2D eigenvalue weighted by Crippen LogP contribution is 2.38. The van der Waals surface area contributed by atoms with Crippen LogP contribution in [0.3, 0.4) is 0 Å². The number of para-hydroxylation sites is 1. The first-order valence-electron chi connectivity index (χ1n) is 7.96. The molecule has 1 N–H and O–H groups in total. The van der Waals surface area contributed by atoms with Crippen LogP contribution in [0, 0.1) is 5.92 Å². The van der Waals surface area contributed by atoms with Crippen molar-refractivity contribution in [1.82, 2.24) is 5.32 Å². The minimum atomic E-state index is 0.364. The quantitative estimate of drug-likeness (QED) is 0.895. The number of benzene rings is 1. The van der Waals surface area contributed by atoms with Gasteiger partial charge in [0.05, 0.1) is 13.2 Å². The summed E-state index contributed by atoms with van der Waals surface area (Å²) in [4.78, 5) is 0. The predicted molar refractivity (Wildman–Crippen MR) is 80.2 cm³/mol. The fraction of sp³-hybridized carbons (Fsp3) is 0.647. The minimum Gasteiger partial charge on any atom is -0.493 e. The SMILES string of the molecule is CCCNC(c1cccc2c1OCC2)C1CCCOC1. The first kappa shape index (κ1) is 13.9. The molecule has 0 bridgehead atoms. The van der Waals surface area contributed by atoms with Crippen LogP contribution in [0.1, 0.15) is 43.4 Å². The van der Waals surface area contributed by atoms with E-state index in [4.69, 9.17) is 9.47 Å². The molecule has 2 unspecified atom stereocenters. The molecule has 3 heteroatoms. The van der Waals surface area contributed by atoms with E-state index in [1.54, 1.807) is 0 Å². The molecule has 110 valence electrons. The Bertz CT molecular complexity index is 441. The molecule has 3 nitrogen and oxygen atoms in total. The van der Waals surface area contributed by atoms with E-state index < -0.39 is 0 Å². The zero-order valence-corrected chi connectivity index (χ0v) is 12.4. The van der Waals surface area contributed by atoms with Gasteiger partial charge in [0.25, 0.3) is 0 Å². The van der Waals surface area contributed by atoms with Crippen molar-refractivity contribution >= 4 is 0 Å². The molecule has 2 aliphatic heterocycles. The molecule has 0 aromatic heterocycles. The van der Waals surface area contributed by atoms with Crippen molar-refractivity contribution in [2.75, 3.05) is 26.4 Å². The predicted octanol–water partition coefficient (Wildman–Crippen LogP) is 3.09. The van der Waals surface area contributed by atoms with Gasteiger partial charge in [0.1, 0.15) is 5.75 Å². The topological polar surface area (TPSA) is 30.5 Å². The standard InChI is InChI=1S/C17H25NO2/c1-2-9-18-16(14-6-4-10-19-12-14)15-7-3-5-13-8-11-20-17(13)15/h3,5,7,14,16,18H,2,4,6,8-12H2,1H3. The van der Waals surface area contributed by atoms with E-state index in [1.807, 2.05) is 0 Å². The zero-order chi connectivity index (χ0) is 13.8. The molecule has 1 aromatic rings. The highest BCUT2D eigenvalue weighted by Gasteiger charge is 2.29. The Hall–Kier alpha value is -1.06. The van der Waals surface area contributed by atoms with Crippen LogP contribution in [0.5, 0.6) is 5.75 Å². The summed E-state index contributed by atoms with van der Waals surface area (Å²) in [7, 11) is 0. The van der Waals surface area contributed by atoms with E-state index >= 15 is 0 Å². The van der Waals surface area contributed by atoms with Gasteiger partial charge in [0, 0.05) is 30.6 Å². The summed E-state index contributed by atoms with van der Waals surface area (Å²) in [5.41, 5.74) is 2.70. The Balaban J connectivity index is 1.86. The smallest absolute Gasteiger partial charge is 0.127 e. The average molecular weight is 275 g/mol. The monoisotopic (exact) mass is 275 g/mol. The van der Waals surface area contributed by atoms with E-state index in [-0.39, 0.29) is 0 Å². The summed E-state index contributed by atoms with van der Waals surface area (Å²) in [6, 6.07) is 6.96. The fourth-order valence-corrected chi connectivity index (χ4v) is 3.34. The van der Waals surface area contributed by atoms with E-state index in [0.717, 1.165) is 45.0 Å². The molecule has 0 amide bonds. The van der Waals surface area contributed by atoms with Crippen LogP contribution in [0.2, 0.25) is 0 Å². The van der Waals surface area contributed by atoms with Crippen molar-refractivity contribution in [3.8, 4) is 5.75 Å². The summed E-state index contributed by atoms with van der Waals surface area (Å²) in [6.07, 6.45) is 4.61. The van der Waals surface area contributed by atoms with Crippen molar-refractivity contribution in [1.29, 1.82) is 0 Å². The summed E-state index contributed by atoms with van der Waals surface area (Å²) in [5, 5.41) is 3.73. The normalized spacial score (nSPS) is 23.1. The molecule has 20 heavy (non-hydrogen) atoms. The van der Waals surface area contributed by atoms with Gasteiger partial charge in [-0.15, -0.1) is 0 Å². The van der Waals surface area contributed by atoms with E-state index in [1.165, 1.54) is 24.0 Å². The van der Waals surface area contributed by atoms with Gasteiger partial charge < -0.3 is 14.8 Å². The van der Waals surface area contributed by atoms with E-state index in [0.29, 0.717) is 12.0 Å². The maximum Gasteiger partial charge on any atom is 0.127 e. The van der Waals surface area contributed by atoms with Crippen molar-refractivity contribution in [3.63, 3.8) is 0 Å². The molecule has 2 heterocycles. The molecule has 1 aromatic carbocycles. The molecule has 2 atom stereocenters. The van der Waals surface area contributed by atoms with Gasteiger partial charge in [-0.3, -0.25) is 0 Å². The molecule has 3 rings (SSSR count). The Morgan fingerprint density at radius 3 is 3.10 bits per heavy atom. The largest absolute Gasteiger partial charge is 0.493 e. The number of ether oxygens (including phenoxy) is 2. The Morgan fingerprint density at radius 2 is 2.30 bits per heavy atom. The van der Waals surface area contributed by atoms with Gasteiger partial charge in [-0.1, -0.05) is 25.1 Å². The van der Waals surface area contributed by atoms with Crippen molar-refractivity contribution in [2.24, 2.45) is 5.92 Å². The first-order chi connectivity index (χ1) is 9.90. The third-order valence-electron chi connectivity index (χ3n) is 4.36. The second-order valence-electron chi connectivity index (χ2n) is 5.84. The van der Waals surface area contributed by atoms with E-state index in [9.17, 15) is 0 Å². The molecule has 2 aliphatic rings. The van der Waals surface area contributed by atoms with Crippen molar-refractivity contribution < 1.29 is 9.47 Å². The van der Waals surface area contributed by atoms with E-state index in [2.05, 4.69) is 30.4 Å². The Morgan fingerprint density at radius 1 is 1.35 bits per heavy atom. The molecule has 1 fully saturated rings. The lowest BCUT2D eigenvalue weighted by molar-refractivity contribution is 0.0387.